The van der Waals surface area contributed by atoms with E-state index in [1.54, 1.807) is 0 Å². The second-order valence-corrected chi connectivity index (χ2v) is 7.39. The zero-order valence-electron chi connectivity index (χ0n) is 16.8. The molecule has 1 saturated heterocycles. The van der Waals surface area contributed by atoms with Gasteiger partial charge in [-0.1, -0.05) is 60.7 Å². The van der Waals surface area contributed by atoms with Crippen LogP contribution in [0.15, 0.2) is 60.7 Å². The number of hydrogen-bond donors (Lipinski definition) is 0. The minimum Gasteiger partial charge on any atom is -0.459 e. The molecule has 29 heavy (non-hydrogen) atoms. The molecule has 1 aliphatic rings. The summed E-state index contributed by atoms with van der Waals surface area (Å²) in [7, 11) is 0. The Morgan fingerprint density at radius 3 is 2.45 bits per heavy atom. The number of benzene rings is 2. The van der Waals surface area contributed by atoms with Crippen molar-refractivity contribution in [3.05, 3.63) is 77.5 Å². The zero-order chi connectivity index (χ0) is 20.2. The number of rotatable bonds is 5. The predicted molar refractivity (Wildman–Crippen MR) is 114 cm³/mol. The summed E-state index contributed by atoms with van der Waals surface area (Å²) in [6, 6.07) is 19.4. The van der Waals surface area contributed by atoms with E-state index in [4.69, 9.17) is 9.72 Å². The normalized spacial score (nSPS) is 16.1. The molecule has 0 spiro atoms. The van der Waals surface area contributed by atoms with Gasteiger partial charge in [0.05, 0.1) is 0 Å². The van der Waals surface area contributed by atoms with Crippen LogP contribution < -0.4 is 4.90 Å². The van der Waals surface area contributed by atoms with Crippen LogP contribution in [0, 0.1) is 13.8 Å². The Kier molecular flexibility index (Phi) is 5.56. The molecule has 5 heteroatoms. The standard InChI is InChI=1S/C24H25N3O2/c1-17-18(2)25-22(20-12-7-4-8-13-20)26-23(17)27-15-9-14-21(27)24(28)29-16-19-10-5-3-6-11-19/h3-8,10-13,21H,9,14-16H2,1-2H3. The van der Waals surface area contributed by atoms with E-state index < -0.39 is 0 Å². The molecular weight excluding hydrogens is 362 g/mol. The molecule has 1 aromatic heterocycles. The van der Waals surface area contributed by atoms with E-state index in [0.717, 1.165) is 47.6 Å². The van der Waals surface area contributed by atoms with Crippen molar-refractivity contribution in [2.45, 2.75) is 39.3 Å². The lowest BCUT2D eigenvalue weighted by Gasteiger charge is -2.26. The molecular formula is C24H25N3O2. The van der Waals surface area contributed by atoms with Gasteiger partial charge in [-0.2, -0.15) is 0 Å². The molecule has 4 rings (SSSR count). The molecule has 0 saturated carbocycles. The van der Waals surface area contributed by atoms with E-state index in [1.807, 2.05) is 74.5 Å². The van der Waals surface area contributed by atoms with Gasteiger partial charge in [-0.05, 0) is 32.3 Å². The van der Waals surface area contributed by atoms with Crippen LogP contribution in [0.5, 0.6) is 0 Å². The lowest BCUT2D eigenvalue weighted by molar-refractivity contribution is -0.146. The Morgan fingerprint density at radius 2 is 1.72 bits per heavy atom. The van der Waals surface area contributed by atoms with Gasteiger partial charge in [0, 0.05) is 23.4 Å². The highest BCUT2D eigenvalue weighted by Crippen LogP contribution is 2.30. The van der Waals surface area contributed by atoms with Crippen LogP contribution in [0.4, 0.5) is 5.82 Å². The third kappa shape index (κ3) is 4.14. The van der Waals surface area contributed by atoms with Crippen molar-refractivity contribution < 1.29 is 9.53 Å². The predicted octanol–water partition coefficient (Wildman–Crippen LogP) is 4.47. The van der Waals surface area contributed by atoms with E-state index >= 15 is 0 Å². The SMILES string of the molecule is Cc1nc(-c2ccccc2)nc(N2CCCC2C(=O)OCc2ccccc2)c1C. The number of anilines is 1. The minimum atomic E-state index is -0.310. The zero-order valence-corrected chi connectivity index (χ0v) is 16.8. The van der Waals surface area contributed by atoms with Crippen molar-refractivity contribution in [3.63, 3.8) is 0 Å². The molecule has 2 heterocycles. The van der Waals surface area contributed by atoms with Crippen molar-refractivity contribution in [2.75, 3.05) is 11.4 Å². The fourth-order valence-electron chi connectivity index (χ4n) is 3.70. The molecule has 1 atom stereocenters. The van der Waals surface area contributed by atoms with E-state index in [0.29, 0.717) is 12.4 Å². The van der Waals surface area contributed by atoms with Crippen LogP contribution in [-0.4, -0.2) is 28.5 Å². The first kappa shape index (κ1) is 19.1. The highest BCUT2D eigenvalue weighted by atomic mass is 16.5. The third-order valence-electron chi connectivity index (χ3n) is 5.42. The number of esters is 1. The summed E-state index contributed by atoms with van der Waals surface area (Å²) in [6.07, 6.45) is 1.71. The van der Waals surface area contributed by atoms with Gasteiger partial charge in [-0.25, -0.2) is 14.8 Å². The second-order valence-electron chi connectivity index (χ2n) is 7.39. The maximum atomic E-state index is 12.8. The fraction of sp³-hybridized carbons (Fsp3) is 0.292. The van der Waals surface area contributed by atoms with Crippen LogP contribution in [0.3, 0.4) is 0 Å². The monoisotopic (exact) mass is 387 g/mol. The largest absolute Gasteiger partial charge is 0.459 e. The van der Waals surface area contributed by atoms with Gasteiger partial charge < -0.3 is 9.64 Å². The van der Waals surface area contributed by atoms with Crippen molar-refractivity contribution in [1.29, 1.82) is 0 Å². The summed E-state index contributed by atoms with van der Waals surface area (Å²) in [5.74, 6) is 1.32. The number of nitrogens with zero attached hydrogens (tertiary/aromatic N) is 3. The summed E-state index contributed by atoms with van der Waals surface area (Å²) < 4.78 is 5.62. The van der Waals surface area contributed by atoms with Gasteiger partial charge >= 0.3 is 5.97 Å². The molecule has 0 bridgehead atoms. The molecule has 0 aliphatic carbocycles. The molecule has 0 amide bonds. The van der Waals surface area contributed by atoms with Crippen LogP contribution >= 0.6 is 0 Å². The van der Waals surface area contributed by atoms with E-state index in [9.17, 15) is 4.79 Å². The molecule has 0 N–H and O–H groups in total. The quantitative estimate of drug-likeness (QED) is 0.605. The van der Waals surface area contributed by atoms with Crippen LogP contribution in [-0.2, 0) is 16.1 Å². The third-order valence-corrected chi connectivity index (χ3v) is 5.42. The van der Waals surface area contributed by atoms with Crippen molar-refractivity contribution in [2.24, 2.45) is 0 Å². The molecule has 1 unspecified atom stereocenters. The lowest BCUT2D eigenvalue weighted by Crippen LogP contribution is -2.38. The van der Waals surface area contributed by atoms with Gasteiger partial charge in [0.15, 0.2) is 5.82 Å². The molecule has 5 nitrogen and oxygen atoms in total. The fourth-order valence-corrected chi connectivity index (χ4v) is 3.70. The van der Waals surface area contributed by atoms with Gasteiger partial charge in [-0.15, -0.1) is 0 Å². The average molecular weight is 387 g/mol. The number of aromatic nitrogens is 2. The molecule has 3 aromatic rings. The molecule has 0 radical (unpaired) electrons. The maximum absolute atomic E-state index is 12.8. The van der Waals surface area contributed by atoms with E-state index in [2.05, 4.69) is 9.88 Å². The second kappa shape index (κ2) is 8.43. The minimum absolute atomic E-state index is 0.191. The summed E-state index contributed by atoms with van der Waals surface area (Å²) >= 11 is 0. The topological polar surface area (TPSA) is 55.3 Å². The van der Waals surface area contributed by atoms with Gasteiger partial charge in [0.2, 0.25) is 0 Å². The Morgan fingerprint density at radius 1 is 1.03 bits per heavy atom. The Hall–Kier alpha value is -3.21. The molecule has 1 fully saturated rings. The summed E-state index contributed by atoms with van der Waals surface area (Å²) in [6.45, 7) is 5.09. The summed E-state index contributed by atoms with van der Waals surface area (Å²) in [5, 5.41) is 0. The van der Waals surface area contributed by atoms with Crippen LogP contribution in [0.2, 0.25) is 0 Å². The molecule has 1 aliphatic heterocycles. The van der Waals surface area contributed by atoms with Crippen molar-refractivity contribution in [3.8, 4) is 11.4 Å². The summed E-state index contributed by atoms with van der Waals surface area (Å²) in [4.78, 5) is 24.4. The highest BCUT2D eigenvalue weighted by Gasteiger charge is 2.34. The lowest BCUT2D eigenvalue weighted by atomic mass is 10.1. The van der Waals surface area contributed by atoms with Crippen molar-refractivity contribution in [1.82, 2.24) is 9.97 Å². The first-order valence-electron chi connectivity index (χ1n) is 10.0. The first-order valence-corrected chi connectivity index (χ1v) is 10.0. The van der Waals surface area contributed by atoms with Gasteiger partial charge in [-0.3, -0.25) is 0 Å². The first-order chi connectivity index (χ1) is 14.1. The Bertz CT molecular complexity index is 990. The number of carbonyl (C=O) groups is 1. The van der Waals surface area contributed by atoms with Crippen LogP contribution in [0.1, 0.15) is 29.7 Å². The van der Waals surface area contributed by atoms with Crippen molar-refractivity contribution >= 4 is 11.8 Å². The molecule has 148 valence electrons. The highest BCUT2D eigenvalue weighted by molar-refractivity contribution is 5.81. The average Bonchev–Trinajstić information content (AvgIpc) is 3.25. The number of aryl methyl sites for hydroxylation is 1. The Balaban J connectivity index is 1.58. The van der Waals surface area contributed by atoms with Crippen LogP contribution in [0.25, 0.3) is 11.4 Å². The smallest absolute Gasteiger partial charge is 0.329 e. The molecule has 2 aromatic carbocycles. The number of carbonyl (C=O) groups excluding carboxylic acids is 1. The summed E-state index contributed by atoms with van der Waals surface area (Å²) in [5.41, 5.74) is 3.90. The van der Waals surface area contributed by atoms with Gasteiger partial charge in [0.1, 0.15) is 18.5 Å². The maximum Gasteiger partial charge on any atom is 0.329 e. The van der Waals surface area contributed by atoms with Gasteiger partial charge in [0.25, 0.3) is 0 Å². The van der Waals surface area contributed by atoms with E-state index in [1.165, 1.54) is 0 Å². The van der Waals surface area contributed by atoms with E-state index in [-0.39, 0.29) is 12.0 Å². The number of ether oxygens (including phenoxy) is 1. The number of hydrogen-bond acceptors (Lipinski definition) is 5. The Labute approximate surface area is 171 Å².